The smallest absolute Gasteiger partial charge is 0.322 e. The molecule has 0 spiro atoms. The van der Waals surface area contributed by atoms with Crippen LogP contribution in [0, 0.1) is 0 Å². The second kappa shape index (κ2) is 5.97. The third-order valence-corrected chi connectivity index (χ3v) is 1.81. The molecule has 4 heteroatoms. The average Bonchev–Trinajstić information content (AvgIpc) is 2.12. The fraction of sp³-hybridized carbons (Fsp3) is 0.875. The summed E-state index contributed by atoms with van der Waals surface area (Å²) < 4.78 is 9.56. The first-order chi connectivity index (χ1) is 5.65. The third kappa shape index (κ3) is 3.69. The van der Waals surface area contributed by atoms with E-state index in [1.54, 1.807) is 7.11 Å². The van der Waals surface area contributed by atoms with Crippen molar-refractivity contribution in [3.63, 3.8) is 0 Å². The molecule has 12 heavy (non-hydrogen) atoms. The van der Waals surface area contributed by atoms with Crippen molar-refractivity contribution in [1.29, 1.82) is 0 Å². The third-order valence-electron chi connectivity index (χ3n) is 1.81. The van der Waals surface area contributed by atoms with Gasteiger partial charge in [0.25, 0.3) is 0 Å². The summed E-state index contributed by atoms with van der Waals surface area (Å²) >= 11 is 0. The number of nitrogens with two attached hydrogens (primary N) is 1. The minimum Gasteiger partial charge on any atom is -0.468 e. The number of ether oxygens (including phenoxy) is 2. The molecule has 0 aliphatic carbocycles. The molecular weight excluding hydrogens is 158 g/mol. The Kier molecular flexibility index (Phi) is 5.66. The second-order valence-corrected chi connectivity index (χ2v) is 2.63. The molecule has 0 aromatic rings. The largest absolute Gasteiger partial charge is 0.468 e. The van der Waals surface area contributed by atoms with E-state index in [0.717, 1.165) is 6.42 Å². The van der Waals surface area contributed by atoms with Crippen molar-refractivity contribution in [1.82, 2.24) is 0 Å². The Balaban J connectivity index is 3.80. The summed E-state index contributed by atoms with van der Waals surface area (Å²) in [5.74, 6) is -0.384. The van der Waals surface area contributed by atoms with Crippen molar-refractivity contribution in [2.75, 3.05) is 14.2 Å². The van der Waals surface area contributed by atoms with Crippen LogP contribution in [-0.4, -0.2) is 32.3 Å². The van der Waals surface area contributed by atoms with Crippen LogP contribution in [0.3, 0.4) is 0 Å². The van der Waals surface area contributed by atoms with Crippen LogP contribution in [0.2, 0.25) is 0 Å². The molecule has 0 saturated carbocycles. The zero-order valence-corrected chi connectivity index (χ0v) is 7.87. The SMILES string of the molecule is CCC(CC(N)C(=O)OC)OC. The summed E-state index contributed by atoms with van der Waals surface area (Å²) in [4.78, 5) is 10.9. The highest BCUT2D eigenvalue weighted by Gasteiger charge is 2.18. The quantitative estimate of drug-likeness (QED) is 0.610. The summed E-state index contributed by atoms with van der Waals surface area (Å²) in [6, 6.07) is -0.570. The number of hydrogen-bond acceptors (Lipinski definition) is 4. The normalized spacial score (nSPS) is 15.3. The van der Waals surface area contributed by atoms with Crippen molar-refractivity contribution in [2.45, 2.75) is 31.9 Å². The van der Waals surface area contributed by atoms with E-state index < -0.39 is 6.04 Å². The second-order valence-electron chi connectivity index (χ2n) is 2.63. The van der Waals surface area contributed by atoms with Crippen LogP contribution in [0.1, 0.15) is 19.8 Å². The maximum atomic E-state index is 10.9. The van der Waals surface area contributed by atoms with Gasteiger partial charge in [0, 0.05) is 7.11 Å². The predicted molar refractivity (Wildman–Crippen MR) is 45.7 cm³/mol. The van der Waals surface area contributed by atoms with Gasteiger partial charge >= 0.3 is 5.97 Å². The fourth-order valence-electron chi connectivity index (χ4n) is 0.960. The Labute approximate surface area is 73.0 Å². The minimum atomic E-state index is -0.570. The molecule has 2 atom stereocenters. The van der Waals surface area contributed by atoms with E-state index in [-0.39, 0.29) is 12.1 Å². The van der Waals surface area contributed by atoms with Crippen LogP contribution in [-0.2, 0) is 14.3 Å². The van der Waals surface area contributed by atoms with Crippen LogP contribution in [0.5, 0.6) is 0 Å². The van der Waals surface area contributed by atoms with E-state index in [0.29, 0.717) is 6.42 Å². The van der Waals surface area contributed by atoms with Gasteiger partial charge < -0.3 is 15.2 Å². The van der Waals surface area contributed by atoms with Crippen LogP contribution >= 0.6 is 0 Å². The van der Waals surface area contributed by atoms with Gasteiger partial charge in [-0.05, 0) is 12.8 Å². The Morgan fingerprint density at radius 1 is 1.50 bits per heavy atom. The van der Waals surface area contributed by atoms with E-state index in [4.69, 9.17) is 10.5 Å². The van der Waals surface area contributed by atoms with Crippen molar-refractivity contribution in [3.05, 3.63) is 0 Å². The van der Waals surface area contributed by atoms with Crippen LogP contribution in [0.25, 0.3) is 0 Å². The first-order valence-electron chi connectivity index (χ1n) is 4.01. The van der Waals surface area contributed by atoms with Gasteiger partial charge in [-0.15, -0.1) is 0 Å². The van der Waals surface area contributed by atoms with Gasteiger partial charge in [-0.2, -0.15) is 0 Å². The molecule has 0 aromatic heterocycles. The van der Waals surface area contributed by atoms with Gasteiger partial charge in [-0.25, -0.2) is 0 Å². The molecule has 72 valence electrons. The maximum Gasteiger partial charge on any atom is 0.322 e. The first kappa shape index (κ1) is 11.4. The van der Waals surface area contributed by atoms with Gasteiger partial charge in [0.05, 0.1) is 13.2 Å². The number of methoxy groups -OCH3 is 2. The molecule has 0 bridgehead atoms. The highest BCUT2D eigenvalue weighted by molar-refractivity contribution is 5.75. The van der Waals surface area contributed by atoms with Gasteiger partial charge in [0.1, 0.15) is 6.04 Å². The zero-order valence-electron chi connectivity index (χ0n) is 7.87. The number of esters is 1. The van der Waals surface area contributed by atoms with Gasteiger partial charge in [-0.1, -0.05) is 6.92 Å². The van der Waals surface area contributed by atoms with E-state index >= 15 is 0 Å². The van der Waals surface area contributed by atoms with Crippen molar-refractivity contribution >= 4 is 5.97 Å². The summed E-state index contributed by atoms with van der Waals surface area (Å²) in [5.41, 5.74) is 5.53. The highest BCUT2D eigenvalue weighted by Crippen LogP contribution is 2.05. The van der Waals surface area contributed by atoms with E-state index in [2.05, 4.69) is 4.74 Å². The Hall–Kier alpha value is -0.610. The lowest BCUT2D eigenvalue weighted by atomic mass is 10.1. The number of carbonyl (C=O) groups is 1. The summed E-state index contributed by atoms with van der Waals surface area (Å²) in [6.45, 7) is 1.98. The highest BCUT2D eigenvalue weighted by atomic mass is 16.5. The van der Waals surface area contributed by atoms with Crippen molar-refractivity contribution in [3.8, 4) is 0 Å². The molecule has 2 N–H and O–H groups in total. The fourth-order valence-corrected chi connectivity index (χ4v) is 0.960. The molecule has 0 aromatic carbocycles. The van der Waals surface area contributed by atoms with E-state index in [1.807, 2.05) is 6.92 Å². The van der Waals surface area contributed by atoms with E-state index in [1.165, 1.54) is 7.11 Å². The van der Waals surface area contributed by atoms with Crippen molar-refractivity contribution in [2.24, 2.45) is 5.73 Å². The number of hydrogen-bond donors (Lipinski definition) is 1. The van der Waals surface area contributed by atoms with Crippen molar-refractivity contribution < 1.29 is 14.3 Å². The predicted octanol–water partition coefficient (Wildman–Crippen LogP) is 0.302. The molecule has 4 nitrogen and oxygen atoms in total. The van der Waals surface area contributed by atoms with Crippen LogP contribution in [0.15, 0.2) is 0 Å². The molecule has 0 radical (unpaired) electrons. The van der Waals surface area contributed by atoms with Crippen LogP contribution < -0.4 is 5.73 Å². The van der Waals surface area contributed by atoms with Crippen LogP contribution in [0.4, 0.5) is 0 Å². The molecule has 0 aliphatic rings. The summed E-state index contributed by atoms with van der Waals surface area (Å²) in [5, 5.41) is 0. The lowest BCUT2D eigenvalue weighted by Gasteiger charge is -2.16. The average molecular weight is 175 g/mol. The first-order valence-corrected chi connectivity index (χ1v) is 4.01. The monoisotopic (exact) mass is 175 g/mol. The van der Waals surface area contributed by atoms with E-state index in [9.17, 15) is 4.79 Å². The molecule has 0 rings (SSSR count). The zero-order chi connectivity index (χ0) is 9.56. The lowest BCUT2D eigenvalue weighted by Crippen LogP contribution is -2.35. The minimum absolute atomic E-state index is 0.0408. The lowest BCUT2D eigenvalue weighted by molar-refractivity contribution is -0.143. The Bertz CT molecular complexity index is 134. The standard InChI is InChI=1S/C8H17NO3/c1-4-6(11-2)5-7(9)8(10)12-3/h6-7H,4-5,9H2,1-3H3. The molecular formula is C8H17NO3. The molecule has 0 heterocycles. The topological polar surface area (TPSA) is 61.6 Å². The Morgan fingerprint density at radius 3 is 2.42 bits per heavy atom. The molecule has 0 amide bonds. The maximum absolute atomic E-state index is 10.9. The molecule has 0 saturated heterocycles. The molecule has 0 aliphatic heterocycles. The van der Waals surface area contributed by atoms with Gasteiger partial charge in [0.15, 0.2) is 0 Å². The summed E-state index contributed by atoms with van der Waals surface area (Å²) in [6.07, 6.45) is 1.40. The number of rotatable bonds is 5. The number of carbonyl (C=O) groups excluding carboxylic acids is 1. The molecule has 0 fully saturated rings. The van der Waals surface area contributed by atoms with Gasteiger partial charge in [0.2, 0.25) is 0 Å². The Morgan fingerprint density at radius 2 is 2.08 bits per heavy atom. The summed E-state index contributed by atoms with van der Waals surface area (Å²) in [7, 11) is 2.94. The molecule has 2 unspecified atom stereocenters. The van der Waals surface area contributed by atoms with Gasteiger partial charge in [-0.3, -0.25) is 4.79 Å².